The van der Waals surface area contributed by atoms with Gasteiger partial charge in [-0.3, -0.25) is 0 Å². The van der Waals surface area contributed by atoms with E-state index in [0.717, 1.165) is 41.7 Å². The van der Waals surface area contributed by atoms with Crippen LogP contribution in [0.1, 0.15) is 25.8 Å². The lowest BCUT2D eigenvalue weighted by atomic mass is 10.2. The summed E-state index contributed by atoms with van der Waals surface area (Å²) in [5.41, 5.74) is 1.29. The predicted octanol–water partition coefficient (Wildman–Crippen LogP) is 3.29. The normalized spacial score (nSPS) is 19.7. The van der Waals surface area contributed by atoms with E-state index in [1.807, 2.05) is 6.20 Å². The maximum absolute atomic E-state index is 4.65. The summed E-state index contributed by atoms with van der Waals surface area (Å²) >= 11 is 5.62. The van der Waals surface area contributed by atoms with Gasteiger partial charge in [0.15, 0.2) is 0 Å². The summed E-state index contributed by atoms with van der Waals surface area (Å²) < 4.78 is 1.06. The molecule has 0 bridgehead atoms. The van der Waals surface area contributed by atoms with Gasteiger partial charge in [-0.1, -0.05) is 13.8 Å². The third-order valence-electron chi connectivity index (χ3n) is 3.37. The Balaban J connectivity index is 2.17. The average molecular weight is 344 g/mol. The zero-order chi connectivity index (χ0) is 13.7. The van der Waals surface area contributed by atoms with Gasteiger partial charge in [-0.15, -0.1) is 0 Å². The molecule has 1 fully saturated rings. The van der Waals surface area contributed by atoms with Crippen LogP contribution in [0.4, 0.5) is 5.82 Å². The minimum absolute atomic E-state index is 0.742. The Morgan fingerprint density at radius 2 is 2.37 bits per heavy atom. The maximum Gasteiger partial charge on any atom is 0.133 e. The van der Waals surface area contributed by atoms with Crippen LogP contribution in [-0.2, 0) is 6.54 Å². The molecule has 1 aliphatic heterocycles. The van der Waals surface area contributed by atoms with Gasteiger partial charge in [0.1, 0.15) is 5.82 Å². The fourth-order valence-electron chi connectivity index (χ4n) is 2.31. The molecular weight excluding hydrogens is 322 g/mol. The fourth-order valence-corrected chi connectivity index (χ4v) is 3.87. The number of nitrogens with one attached hydrogen (secondary N) is 1. The summed E-state index contributed by atoms with van der Waals surface area (Å²) in [6.45, 7) is 8.51. The zero-order valence-electron chi connectivity index (χ0n) is 11.7. The van der Waals surface area contributed by atoms with Gasteiger partial charge < -0.3 is 10.2 Å². The van der Waals surface area contributed by atoms with E-state index in [9.17, 15) is 0 Å². The quantitative estimate of drug-likeness (QED) is 0.887. The molecule has 1 atom stereocenters. The van der Waals surface area contributed by atoms with Crippen LogP contribution in [0.25, 0.3) is 0 Å². The fraction of sp³-hybridized carbons (Fsp3) is 0.643. The lowest BCUT2D eigenvalue weighted by Crippen LogP contribution is -2.39. The van der Waals surface area contributed by atoms with Crippen LogP contribution in [0, 0.1) is 0 Å². The number of pyridine rings is 1. The minimum atomic E-state index is 0.742. The van der Waals surface area contributed by atoms with Gasteiger partial charge in [-0.05, 0) is 35.0 Å². The first kappa shape index (κ1) is 15.1. The van der Waals surface area contributed by atoms with E-state index in [1.54, 1.807) is 0 Å². The monoisotopic (exact) mass is 343 g/mol. The number of thioether (sulfide) groups is 1. The van der Waals surface area contributed by atoms with Gasteiger partial charge in [0, 0.05) is 46.9 Å². The van der Waals surface area contributed by atoms with E-state index >= 15 is 0 Å². The maximum atomic E-state index is 4.65. The summed E-state index contributed by atoms with van der Waals surface area (Å²) in [4.78, 5) is 7.10. The number of anilines is 1. The summed E-state index contributed by atoms with van der Waals surface area (Å²) in [5.74, 6) is 2.36. The molecule has 0 spiro atoms. The van der Waals surface area contributed by atoms with Gasteiger partial charge in [-0.25, -0.2) is 4.98 Å². The van der Waals surface area contributed by atoms with E-state index in [2.05, 4.69) is 62.8 Å². The third-order valence-corrected chi connectivity index (χ3v) is 5.17. The number of halogens is 1. The van der Waals surface area contributed by atoms with Crippen LogP contribution in [-0.4, -0.2) is 35.6 Å². The van der Waals surface area contributed by atoms with Crippen molar-refractivity contribution < 1.29 is 0 Å². The van der Waals surface area contributed by atoms with Crippen molar-refractivity contribution >= 4 is 33.5 Å². The van der Waals surface area contributed by atoms with Crippen molar-refractivity contribution in [3.8, 4) is 0 Å². The second kappa shape index (κ2) is 7.50. The highest BCUT2D eigenvalue weighted by atomic mass is 79.9. The molecule has 19 heavy (non-hydrogen) atoms. The molecule has 0 saturated carbocycles. The number of rotatable bonds is 5. The summed E-state index contributed by atoms with van der Waals surface area (Å²) in [6, 6.07) is 2.19. The molecule has 1 N–H and O–H groups in total. The van der Waals surface area contributed by atoms with Crippen molar-refractivity contribution in [2.45, 2.75) is 32.1 Å². The molecule has 2 rings (SSSR count). The lowest BCUT2D eigenvalue weighted by Gasteiger charge is -2.34. The molecule has 1 aromatic rings. The molecular formula is C14H22BrN3S. The van der Waals surface area contributed by atoms with E-state index < -0.39 is 0 Å². The van der Waals surface area contributed by atoms with Crippen LogP contribution < -0.4 is 10.2 Å². The molecule has 0 radical (unpaired) electrons. The first-order valence-corrected chi connectivity index (χ1v) is 8.80. The molecule has 0 aliphatic carbocycles. The van der Waals surface area contributed by atoms with E-state index in [0.29, 0.717) is 0 Å². The SMILES string of the molecule is CCNCc1cc(Br)cnc1N1CCSC(CC)C1. The van der Waals surface area contributed by atoms with Crippen molar-refractivity contribution in [3.63, 3.8) is 0 Å². The third kappa shape index (κ3) is 4.10. The van der Waals surface area contributed by atoms with Crippen molar-refractivity contribution in [2.24, 2.45) is 0 Å². The number of nitrogens with zero attached hydrogens (tertiary/aromatic N) is 2. The van der Waals surface area contributed by atoms with Crippen LogP contribution in [0.15, 0.2) is 16.7 Å². The Hall–Kier alpha value is -0.260. The lowest BCUT2D eigenvalue weighted by molar-refractivity contribution is 0.693. The molecule has 5 heteroatoms. The van der Waals surface area contributed by atoms with Gasteiger partial charge in [0.25, 0.3) is 0 Å². The Morgan fingerprint density at radius 1 is 1.53 bits per heavy atom. The highest BCUT2D eigenvalue weighted by Gasteiger charge is 2.21. The molecule has 0 aromatic carbocycles. The summed E-state index contributed by atoms with van der Waals surface area (Å²) in [6.07, 6.45) is 3.15. The first-order chi connectivity index (χ1) is 9.24. The highest BCUT2D eigenvalue weighted by Crippen LogP contribution is 2.28. The molecule has 2 heterocycles. The topological polar surface area (TPSA) is 28.2 Å². The molecule has 106 valence electrons. The Bertz CT molecular complexity index is 414. The van der Waals surface area contributed by atoms with Crippen molar-refractivity contribution in [1.29, 1.82) is 0 Å². The Kier molecular flexibility index (Phi) is 5.98. The molecule has 3 nitrogen and oxygen atoms in total. The highest BCUT2D eigenvalue weighted by molar-refractivity contribution is 9.10. The smallest absolute Gasteiger partial charge is 0.133 e. The predicted molar refractivity (Wildman–Crippen MR) is 88.1 cm³/mol. The molecule has 1 aromatic heterocycles. The van der Waals surface area contributed by atoms with Gasteiger partial charge in [0.2, 0.25) is 0 Å². The number of hydrogen-bond acceptors (Lipinski definition) is 4. The number of hydrogen-bond donors (Lipinski definition) is 1. The van der Waals surface area contributed by atoms with Gasteiger partial charge in [0.05, 0.1) is 0 Å². The largest absolute Gasteiger partial charge is 0.354 e. The van der Waals surface area contributed by atoms with Crippen molar-refractivity contribution in [1.82, 2.24) is 10.3 Å². The first-order valence-electron chi connectivity index (χ1n) is 6.96. The van der Waals surface area contributed by atoms with E-state index in [-0.39, 0.29) is 0 Å². The zero-order valence-corrected chi connectivity index (χ0v) is 14.1. The van der Waals surface area contributed by atoms with Crippen molar-refractivity contribution in [3.05, 3.63) is 22.3 Å². The van der Waals surface area contributed by atoms with Crippen molar-refractivity contribution in [2.75, 3.05) is 30.3 Å². The summed E-state index contributed by atoms with van der Waals surface area (Å²) in [7, 11) is 0. The second-order valence-corrected chi connectivity index (χ2v) is 7.09. The van der Waals surface area contributed by atoms with Crippen LogP contribution in [0.3, 0.4) is 0 Å². The molecule has 1 unspecified atom stereocenters. The standard InChI is InChI=1S/C14H22BrN3S/c1-3-13-10-18(5-6-19-13)14-11(8-16-4-2)7-12(15)9-17-14/h7,9,13,16H,3-6,8,10H2,1-2H3. The van der Waals surface area contributed by atoms with Crippen LogP contribution in [0.5, 0.6) is 0 Å². The number of aromatic nitrogens is 1. The average Bonchev–Trinajstić information content (AvgIpc) is 2.45. The molecule has 0 amide bonds. The Morgan fingerprint density at radius 3 is 3.11 bits per heavy atom. The van der Waals surface area contributed by atoms with Gasteiger partial charge in [-0.2, -0.15) is 11.8 Å². The Labute approximate surface area is 128 Å². The molecule has 1 saturated heterocycles. The molecule has 1 aliphatic rings. The van der Waals surface area contributed by atoms with Gasteiger partial charge >= 0.3 is 0 Å². The van der Waals surface area contributed by atoms with Crippen LogP contribution >= 0.6 is 27.7 Å². The van der Waals surface area contributed by atoms with E-state index in [1.165, 1.54) is 17.7 Å². The second-order valence-electron chi connectivity index (χ2n) is 4.76. The summed E-state index contributed by atoms with van der Waals surface area (Å²) in [5, 5.41) is 4.15. The van der Waals surface area contributed by atoms with E-state index in [4.69, 9.17) is 0 Å². The minimum Gasteiger partial charge on any atom is -0.354 e. The van der Waals surface area contributed by atoms with Crippen LogP contribution in [0.2, 0.25) is 0 Å².